The van der Waals surface area contributed by atoms with E-state index in [4.69, 9.17) is 10.6 Å². The molecule has 0 bridgehead atoms. The highest BCUT2D eigenvalue weighted by molar-refractivity contribution is 5.94. The summed E-state index contributed by atoms with van der Waals surface area (Å²) in [5.41, 5.74) is 2.03. The monoisotopic (exact) mass is 549 g/mol. The van der Waals surface area contributed by atoms with Crippen molar-refractivity contribution < 1.29 is 33.8 Å². The van der Waals surface area contributed by atoms with Gasteiger partial charge in [-0.15, -0.1) is 0 Å². The SMILES string of the molecule is CC(C)[C@H](NC(=O)OCc1ccccc1)C(=O)N[C@H](C(=O)N[C@@H](CC(C(=O)O)C(C)(C)C)C(=O)NN)C(C)C. The fourth-order valence-electron chi connectivity index (χ4n) is 3.86. The summed E-state index contributed by atoms with van der Waals surface area (Å²) in [5, 5.41) is 17.4. The predicted molar refractivity (Wildman–Crippen MR) is 145 cm³/mol. The number of aliphatic carboxylic acids is 1. The zero-order valence-corrected chi connectivity index (χ0v) is 23.7. The Morgan fingerprint density at radius 1 is 0.846 bits per heavy atom. The van der Waals surface area contributed by atoms with Crippen LogP contribution in [0.2, 0.25) is 0 Å². The number of nitrogens with one attached hydrogen (secondary N) is 4. The van der Waals surface area contributed by atoms with Crippen LogP contribution in [0, 0.1) is 23.2 Å². The average Bonchev–Trinajstić information content (AvgIpc) is 2.85. The van der Waals surface area contributed by atoms with Crippen LogP contribution >= 0.6 is 0 Å². The zero-order chi connectivity index (χ0) is 29.9. The molecule has 39 heavy (non-hydrogen) atoms. The summed E-state index contributed by atoms with van der Waals surface area (Å²) in [7, 11) is 0. The Balaban J connectivity index is 2.98. The van der Waals surface area contributed by atoms with Crippen molar-refractivity contribution in [2.45, 2.75) is 79.6 Å². The Kier molecular flexibility index (Phi) is 12.9. The summed E-state index contributed by atoms with van der Waals surface area (Å²) in [4.78, 5) is 63.0. The summed E-state index contributed by atoms with van der Waals surface area (Å²) in [5.74, 6) is 0.363. The molecule has 0 aliphatic rings. The summed E-state index contributed by atoms with van der Waals surface area (Å²) < 4.78 is 5.22. The second-order valence-electron chi connectivity index (χ2n) is 11.2. The molecule has 0 spiro atoms. The standard InChI is InChI=1S/C27H43N5O7/c1-15(2)20(23(34)29-19(22(33)32-28)13-18(25(36)37)27(5,6)7)30-24(35)21(16(3)4)31-26(38)39-14-17-11-9-8-10-12-17/h8-12,15-16,18-21H,13-14,28H2,1-7H3,(H,29,34)(H,30,35)(H,31,38)(H,32,33)(H,36,37)/t18?,19-,20-,21-/m0/s1. The van der Waals surface area contributed by atoms with Crippen molar-refractivity contribution in [1.82, 2.24) is 21.4 Å². The first-order chi connectivity index (χ1) is 18.1. The summed E-state index contributed by atoms with van der Waals surface area (Å²) in [6.07, 6.45) is -1.00. The first-order valence-electron chi connectivity index (χ1n) is 12.9. The smallest absolute Gasteiger partial charge is 0.408 e. The van der Waals surface area contributed by atoms with Gasteiger partial charge < -0.3 is 25.8 Å². The Morgan fingerprint density at radius 2 is 1.36 bits per heavy atom. The quantitative estimate of drug-likeness (QED) is 0.122. The van der Waals surface area contributed by atoms with Crippen molar-refractivity contribution >= 4 is 29.8 Å². The molecule has 0 fully saturated rings. The molecule has 0 aliphatic heterocycles. The molecule has 1 aromatic carbocycles. The zero-order valence-electron chi connectivity index (χ0n) is 23.7. The van der Waals surface area contributed by atoms with E-state index < -0.39 is 65.2 Å². The minimum atomic E-state index is -1.26. The van der Waals surface area contributed by atoms with Gasteiger partial charge >= 0.3 is 12.1 Å². The number of carboxylic acid groups (broad SMARTS) is 1. The molecule has 0 saturated heterocycles. The highest BCUT2D eigenvalue weighted by atomic mass is 16.5. The largest absolute Gasteiger partial charge is 0.481 e. The number of amides is 4. The molecule has 12 heteroatoms. The van der Waals surface area contributed by atoms with E-state index in [0.29, 0.717) is 0 Å². The van der Waals surface area contributed by atoms with Crippen molar-refractivity contribution in [3.8, 4) is 0 Å². The van der Waals surface area contributed by atoms with E-state index in [1.165, 1.54) is 0 Å². The number of hydrogen-bond acceptors (Lipinski definition) is 7. The third-order valence-corrected chi connectivity index (χ3v) is 6.27. The van der Waals surface area contributed by atoms with Gasteiger partial charge in [0.2, 0.25) is 11.8 Å². The van der Waals surface area contributed by atoms with Crippen molar-refractivity contribution in [3.05, 3.63) is 35.9 Å². The van der Waals surface area contributed by atoms with Gasteiger partial charge in [-0.25, -0.2) is 10.6 Å². The van der Waals surface area contributed by atoms with E-state index in [1.54, 1.807) is 60.6 Å². The topological polar surface area (TPSA) is 189 Å². The van der Waals surface area contributed by atoms with Gasteiger partial charge in [0.15, 0.2) is 0 Å². The number of hydrazine groups is 1. The van der Waals surface area contributed by atoms with Gasteiger partial charge in [-0.3, -0.25) is 24.6 Å². The normalized spacial score (nSPS) is 14.5. The number of carbonyl (C=O) groups excluding carboxylic acids is 4. The van der Waals surface area contributed by atoms with Crippen molar-refractivity contribution in [2.75, 3.05) is 0 Å². The maximum absolute atomic E-state index is 13.2. The second kappa shape index (κ2) is 15.1. The van der Waals surface area contributed by atoms with Crippen LogP contribution in [-0.2, 0) is 30.5 Å². The molecule has 0 aromatic heterocycles. The van der Waals surface area contributed by atoms with Gasteiger partial charge in [0.1, 0.15) is 24.7 Å². The first kappa shape index (κ1) is 33.4. The van der Waals surface area contributed by atoms with Gasteiger partial charge in [0.05, 0.1) is 5.92 Å². The number of nitrogens with two attached hydrogens (primary N) is 1. The second-order valence-corrected chi connectivity index (χ2v) is 11.2. The van der Waals surface area contributed by atoms with E-state index in [1.807, 2.05) is 23.6 Å². The van der Waals surface area contributed by atoms with Crippen LogP contribution in [0.5, 0.6) is 0 Å². The van der Waals surface area contributed by atoms with Crippen LogP contribution in [0.1, 0.15) is 60.5 Å². The molecule has 12 nitrogen and oxygen atoms in total. The van der Waals surface area contributed by atoms with Crippen LogP contribution in [-0.4, -0.2) is 53.0 Å². The maximum Gasteiger partial charge on any atom is 0.408 e. The van der Waals surface area contributed by atoms with Crippen LogP contribution < -0.4 is 27.2 Å². The van der Waals surface area contributed by atoms with E-state index in [0.717, 1.165) is 5.56 Å². The highest BCUT2D eigenvalue weighted by Gasteiger charge is 2.38. The summed E-state index contributed by atoms with van der Waals surface area (Å²) in [6.45, 7) is 12.0. The molecule has 4 atom stereocenters. The lowest BCUT2D eigenvalue weighted by Gasteiger charge is -2.31. The van der Waals surface area contributed by atoms with Crippen LogP contribution in [0.4, 0.5) is 4.79 Å². The van der Waals surface area contributed by atoms with E-state index >= 15 is 0 Å². The molecule has 0 aliphatic carbocycles. The lowest BCUT2D eigenvalue weighted by molar-refractivity contribution is -0.147. The molecule has 0 heterocycles. The predicted octanol–water partition coefficient (Wildman–Crippen LogP) is 1.69. The van der Waals surface area contributed by atoms with Gasteiger partial charge in [-0.2, -0.15) is 0 Å². The fraction of sp³-hybridized carbons (Fsp3) is 0.593. The molecule has 1 aromatic rings. The van der Waals surface area contributed by atoms with Crippen LogP contribution in [0.15, 0.2) is 30.3 Å². The van der Waals surface area contributed by atoms with Gasteiger partial charge in [-0.05, 0) is 29.2 Å². The number of hydrogen-bond donors (Lipinski definition) is 6. The lowest BCUT2D eigenvalue weighted by atomic mass is 9.77. The lowest BCUT2D eigenvalue weighted by Crippen LogP contribution is -2.60. The van der Waals surface area contributed by atoms with E-state index in [2.05, 4.69) is 16.0 Å². The molecule has 218 valence electrons. The van der Waals surface area contributed by atoms with E-state index in [9.17, 15) is 29.1 Å². The number of rotatable bonds is 13. The Hall–Kier alpha value is -3.67. The van der Waals surface area contributed by atoms with Crippen molar-refractivity contribution in [2.24, 2.45) is 29.0 Å². The van der Waals surface area contributed by atoms with Crippen LogP contribution in [0.3, 0.4) is 0 Å². The van der Waals surface area contributed by atoms with Gasteiger partial charge in [0, 0.05) is 0 Å². The number of carbonyl (C=O) groups is 5. The third kappa shape index (κ3) is 10.9. The molecule has 7 N–H and O–H groups in total. The summed E-state index contributed by atoms with van der Waals surface area (Å²) in [6, 6.07) is 5.69. The molecule has 4 amide bonds. The average molecular weight is 550 g/mol. The van der Waals surface area contributed by atoms with Crippen LogP contribution in [0.25, 0.3) is 0 Å². The third-order valence-electron chi connectivity index (χ3n) is 6.27. The number of alkyl carbamates (subject to hydrolysis) is 1. The first-order valence-corrected chi connectivity index (χ1v) is 12.9. The fourth-order valence-corrected chi connectivity index (χ4v) is 3.86. The molecule has 0 radical (unpaired) electrons. The minimum absolute atomic E-state index is 0.0205. The van der Waals surface area contributed by atoms with Gasteiger partial charge in [-0.1, -0.05) is 78.8 Å². The maximum atomic E-state index is 13.2. The van der Waals surface area contributed by atoms with E-state index in [-0.39, 0.29) is 18.9 Å². The number of carboxylic acids is 1. The molecule has 1 rings (SSSR count). The summed E-state index contributed by atoms with van der Waals surface area (Å²) >= 11 is 0. The molecule has 0 saturated carbocycles. The molecular formula is C27H43N5O7. The van der Waals surface area contributed by atoms with Crippen molar-refractivity contribution in [1.29, 1.82) is 0 Å². The minimum Gasteiger partial charge on any atom is -0.481 e. The number of benzene rings is 1. The molecule has 1 unspecified atom stereocenters. The van der Waals surface area contributed by atoms with Crippen molar-refractivity contribution in [3.63, 3.8) is 0 Å². The number of ether oxygens (including phenoxy) is 1. The highest BCUT2D eigenvalue weighted by Crippen LogP contribution is 2.30. The Labute approximate surface area is 229 Å². The van der Waals surface area contributed by atoms with Gasteiger partial charge in [0.25, 0.3) is 5.91 Å². The Bertz CT molecular complexity index is 992. The molecular weight excluding hydrogens is 506 g/mol. The Morgan fingerprint density at radius 3 is 1.82 bits per heavy atom.